The van der Waals surface area contributed by atoms with Crippen LogP contribution in [0.5, 0.6) is 0 Å². The molecule has 1 heterocycles. The van der Waals surface area contributed by atoms with E-state index < -0.39 is 10.0 Å². The molecular formula is C14H23N3O2S. The minimum atomic E-state index is -3.60. The SMILES string of the molecule is CC(CC1CCCN1)NCc1ccc(S(N)(=O)=O)cc1. The lowest BCUT2D eigenvalue weighted by Crippen LogP contribution is -2.33. The average Bonchev–Trinajstić information content (AvgIpc) is 2.88. The Morgan fingerprint density at radius 2 is 2.10 bits per heavy atom. The van der Waals surface area contributed by atoms with Crippen LogP contribution in [0.15, 0.2) is 29.2 Å². The maximum Gasteiger partial charge on any atom is 0.238 e. The Morgan fingerprint density at radius 3 is 2.65 bits per heavy atom. The van der Waals surface area contributed by atoms with Gasteiger partial charge in [-0.1, -0.05) is 12.1 Å². The third-order valence-electron chi connectivity index (χ3n) is 3.71. The zero-order valence-corrected chi connectivity index (χ0v) is 12.6. The van der Waals surface area contributed by atoms with Gasteiger partial charge < -0.3 is 10.6 Å². The Kier molecular flexibility index (Phi) is 5.15. The first-order chi connectivity index (χ1) is 9.45. The molecule has 2 atom stereocenters. The molecule has 2 unspecified atom stereocenters. The van der Waals surface area contributed by atoms with Crippen molar-refractivity contribution in [2.24, 2.45) is 5.14 Å². The predicted octanol–water partition coefficient (Wildman–Crippen LogP) is 0.954. The average molecular weight is 297 g/mol. The highest BCUT2D eigenvalue weighted by Gasteiger charge is 2.16. The second-order valence-corrected chi connectivity index (χ2v) is 7.06. The summed E-state index contributed by atoms with van der Waals surface area (Å²) in [6.07, 6.45) is 3.65. The fourth-order valence-electron chi connectivity index (χ4n) is 2.56. The second kappa shape index (κ2) is 6.67. The molecule has 6 heteroatoms. The van der Waals surface area contributed by atoms with Gasteiger partial charge in [-0.05, 0) is 50.4 Å². The Balaban J connectivity index is 1.81. The number of hydrogen-bond acceptors (Lipinski definition) is 4. The van der Waals surface area contributed by atoms with Crippen LogP contribution < -0.4 is 15.8 Å². The summed E-state index contributed by atoms with van der Waals surface area (Å²) < 4.78 is 22.3. The number of sulfonamides is 1. The maximum atomic E-state index is 11.2. The third kappa shape index (κ3) is 4.56. The summed E-state index contributed by atoms with van der Waals surface area (Å²) in [5, 5.41) is 12.0. The van der Waals surface area contributed by atoms with E-state index in [4.69, 9.17) is 5.14 Å². The molecule has 0 amide bonds. The molecule has 0 spiro atoms. The van der Waals surface area contributed by atoms with Crippen molar-refractivity contribution < 1.29 is 8.42 Å². The fourth-order valence-corrected chi connectivity index (χ4v) is 3.07. The van der Waals surface area contributed by atoms with Crippen molar-refractivity contribution in [3.63, 3.8) is 0 Å². The van der Waals surface area contributed by atoms with Crippen molar-refractivity contribution in [3.8, 4) is 0 Å². The quantitative estimate of drug-likeness (QED) is 0.730. The molecule has 1 saturated heterocycles. The van der Waals surface area contributed by atoms with E-state index >= 15 is 0 Å². The van der Waals surface area contributed by atoms with E-state index in [0.29, 0.717) is 12.1 Å². The molecule has 2 rings (SSSR count). The van der Waals surface area contributed by atoms with Gasteiger partial charge in [0.25, 0.3) is 0 Å². The van der Waals surface area contributed by atoms with Crippen LogP contribution in [0.3, 0.4) is 0 Å². The highest BCUT2D eigenvalue weighted by molar-refractivity contribution is 7.89. The van der Waals surface area contributed by atoms with E-state index in [1.54, 1.807) is 24.3 Å². The lowest BCUT2D eigenvalue weighted by molar-refractivity contribution is 0.440. The number of nitrogens with one attached hydrogen (secondary N) is 2. The van der Waals surface area contributed by atoms with E-state index in [2.05, 4.69) is 17.6 Å². The molecule has 1 fully saturated rings. The van der Waals surface area contributed by atoms with Gasteiger partial charge in [0.2, 0.25) is 10.0 Å². The molecule has 1 aliphatic rings. The molecule has 0 aliphatic carbocycles. The number of nitrogens with two attached hydrogens (primary N) is 1. The highest BCUT2D eigenvalue weighted by Crippen LogP contribution is 2.12. The lowest BCUT2D eigenvalue weighted by atomic mass is 10.1. The van der Waals surface area contributed by atoms with Crippen LogP contribution in [0.2, 0.25) is 0 Å². The van der Waals surface area contributed by atoms with Crippen LogP contribution in [0.4, 0.5) is 0 Å². The third-order valence-corrected chi connectivity index (χ3v) is 4.64. The van der Waals surface area contributed by atoms with Gasteiger partial charge in [0.15, 0.2) is 0 Å². The predicted molar refractivity (Wildman–Crippen MR) is 79.8 cm³/mol. The highest BCUT2D eigenvalue weighted by atomic mass is 32.2. The largest absolute Gasteiger partial charge is 0.314 e. The molecule has 0 radical (unpaired) electrons. The smallest absolute Gasteiger partial charge is 0.238 e. The molecule has 5 nitrogen and oxygen atoms in total. The van der Waals surface area contributed by atoms with Crippen LogP contribution in [0.1, 0.15) is 31.7 Å². The van der Waals surface area contributed by atoms with Crippen molar-refractivity contribution in [2.75, 3.05) is 6.54 Å². The first-order valence-corrected chi connectivity index (χ1v) is 8.58. The first-order valence-electron chi connectivity index (χ1n) is 7.03. The number of primary sulfonamides is 1. The van der Waals surface area contributed by atoms with Gasteiger partial charge in [-0.15, -0.1) is 0 Å². The summed E-state index contributed by atoms with van der Waals surface area (Å²) in [5.41, 5.74) is 1.06. The van der Waals surface area contributed by atoms with Crippen molar-refractivity contribution in [1.82, 2.24) is 10.6 Å². The summed E-state index contributed by atoms with van der Waals surface area (Å²) in [7, 11) is -3.60. The molecule has 20 heavy (non-hydrogen) atoms. The maximum absolute atomic E-state index is 11.2. The van der Waals surface area contributed by atoms with Gasteiger partial charge in [0.1, 0.15) is 0 Å². The van der Waals surface area contributed by atoms with Gasteiger partial charge in [0, 0.05) is 18.6 Å². The molecule has 0 aromatic heterocycles. The minimum Gasteiger partial charge on any atom is -0.314 e. The molecule has 1 aliphatic heterocycles. The van der Waals surface area contributed by atoms with E-state index in [1.807, 2.05) is 0 Å². The zero-order chi connectivity index (χ0) is 14.6. The van der Waals surface area contributed by atoms with Gasteiger partial charge in [-0.25, -0.2) is 13.6 Å². The van der Waals surface area contributed by atoms with Gasteiger partial charge >= 0.3 is 0 Å². The number of hydrogen-bond donors (Lipinski definition) is 3. The van der Waals surface area contributed by atoms with E-state index in [1.165, 1.54) is 12.8 Å². The molecule has 1 aromatic carbocycles. The van der Waals surface area contributed by atoms with Crippen molar-refractivity contribution in [2.45, 2.75) is 49.7 Å². The van der Waals surface area contributed by atoms with Gasteiger partial charge in [-0.3, -0.25) is 0 Å². The minimum absolute atomic E-state index is 0.157. The van der Waals surface area contributed by atoms with Crippen molar-refractivity contribution >= 4 is 10.0 Å². The summed E-state index contributed by atoms with van der Waals surface area (Å²) >= 11 is 0. The lowest BCUT2D eigenvalue weighted by Gasteiger charge is -2.18. The van der Waals surface area contributed by atoms with Gasteiger partial charge in [-0.2, -0.15) is 0 Å². The van der Waals surface area contributed by atoms with E-state index in [0.717, 1.165) is 25.1 Å². The monoisotopic (exact) mass is 297 g/mol. The molecule has 0 bridgehead atoms. The Labute approximate surface area is 121 Å². The summed E-state index contributed by atoms with van der Waals surface area (Å²) in [4.78, 5) is 0.157. The van der Waals surface area contributed by atoms with Crippen LogP contribution in [0, 0.1) is 0 Å². The van der Waals surface area contributed by atoms with Crippen LogP contribution in [0.25, 0.3) is 0 Å². The normalized spacial score (nSPS) is 21.0. The second-order valence-electron chi connectivity index (χ2n) is 5.50. The molecular weight excluding hydrogens is 274 g/mol. The summed E-state index contributed by atoms with van der Waals surface area (Å²) in [6, 6.07) is 7.76. The number of rotatable bonds is 6. The Bertz CT molecular complexity index is 522. The van der Waals surface area contributed by atoms with Crippen LogP contribution in [-0.4, -0.2) is 27.0 Å². The van der Waals surface area contributed by atoms with E-state index in [9.17, 15) is 8.42 Å². The standard InChI is InChI=1S/C14H23N3O2S/c1-11(9-13-3-2-8-16-13)17-10-12-4-6-14(7-5-12)20(15,18)19/h4-7,11,13,16-17H,2-3,8-10H2,1H3,(H2,15,18,19). The fraction of sp³-hybridized carbons (Fsp3) is 0.571. The molecule has 0 saturated carbocycles. The van der Waals surface area contributed by atoms with Crippen LogP contribution >= 0.6 is 0 Å². The molecule has 112 valence electrons. The Morgan fingerprint density at radius 1 is 1.40 bits per heavy atom. The Hall–Kier alpha value is -0.950. The van der Waals surface area contributed by atoms with Crippen molar-refractivity contribution in [1.29, 1.82) is 0 Å². The van der Waals surface area contributed by atoms with Crippen LogP contribution in [-0.2, 0) is 16.6 Å². The molecule has 4 N–H and O–H groups in total. The summed E-state index contributed by atoms with van der Waals surface area (Å²) in [6.45, 7) is 4.05. The number of benzene rings is 1. The summed E-state index contributed by atoms with van der Waals surface area (Å²) in [5.74, 6) is 0. The first kappa shape index (κ1) is 15.4. The van der Waals surface area contributed by atoms with Gasteiger partial charge in [0.05, 0.1) is 4.90 Å². The molecule has 1 aromatic rings. The van der Waals surface area contributed by atoms with E-state index in [-0.39, 0.29) is 4.90 Å². The topological polar surface area (TPSA) is 84.2 Å². The zero-order valence-electron chi connectivity index (χ0n) is 11.8. The van der Waals surface area contributed by atoms with Crippen molar-refractivity contribution in [3.05, 3.63) is 29.8 Å².